The third-order valence-electron chi connectivity index (χ3n) is 2.61. The molecule has 6 heteroatoms. The van der Waals surface area contributed by atoms with Gasteiger partial charge in [-0.3, -0.25) is 20.4 Å². The van der Waals surface area contributed by atoms with Crippen molar-refractivity contribution in [2.24, 2.45) is 0 Å². The minimum Gasteiger partial charge on any atom is -0.497 e. The number of benzene rings is 1. The van der Waals surface area contributed by atoms with E-state index in [0.29, 0.717) is 16.2 Å². The van der Waals surface area contributed by atoms with Crippen LogP contribution in [-0.4, -0.2) is 18.9 Å². The smallest absolute Gasteiger partial charge is 0.279 e. The molecule has 2 N–H and O–H groups in total. The van der Waals surface area contributed by atoms with Crippen LogP contribution < -0.4 is 15.6 Å². The van der Waals surface area contributed by atoms with Crippen molar-refractivity contribution in [2.45, 2.75) is 6.92 Å². The van der Waals surface area contributed by atoms with E-state index in [1.165, 1.54) is 11.3 Å². The zero-order chi connectivity index (χ0) is 14.5. The number of methoxy groups -OCH3 is 1. The Balaban J connectivity index is 1.92. The van der Waals surface area contributed by atoms with E-state index in [-0.39, 0.29) is 11.8 Å². The quantitative estimate of drug-likeness (QED) is 0.851. The van der Waals surface area contributed by atoms with E-state index in [9.17, 15) is 9.59 Å². The first kappa shape index (κ1) is 14.1. The van der Waals surface area contributed by atoms with Crippen molar-refractivity contribution in [3.63, 3.8) is 0 Å². The number of amides is 2. The second kappa shape index (κ2) is 6.21. The number of carbonyl (C=O) groups is 2. The summed E-state index contributed by atoms with van der Waals surface area (Å²) in [7, 11) is 1.55. The van der Waals surface area contributed by atoms with Crippen LogP contribution in [0.25, 0.3) is 0 Å². The molecule has 0 spiro atoms. The molecular formula is C14H14N2O3S. The molecular weight excluding hydrogens is 276 g/mol. The average molecular weight is 290 g/mol. The fourth-order valence-corrected chi connectivity index (χ4v) is 2.31. The minimum absolute atomic E-state index is 0.329. The van der Waals surface area contributed by atoms with Crippen LogP contribution in [0, 0.1) is 6.92 Å². The molecule has 1 aromatic heterocycles. The summed E-state index contributed by atoms with van der Waals surface area (Å²) >= 11 is 1.37. The van der Waals surface area contributed by atoms with Crippen LogP contribution in [-0.2, 0) is 0 Å². The number of rotatable bonds is 3. The zero-order valence-electron chi connectivity index (χ0n) is 11.1. The van der Waals surface area contributed by atoms with Crippen molar-refractivity contribution in [2.75, 3.05) is 7.11 Å². The summed E-state index contributed by atoms with van der Waals surface area (Å²) in [5.41, 5.74) is 5.19. The molecule has 20 heavy (non-hydrogen) atoms. The highest BCUT2D eigenvalue weighted by atomic mass is 32.1. The molecule has 1 aromatic carbocycles. The Morgan fingerprint density at radius 3 is 2.20 bits per heavy atom. The number of ether oxygens (including phenoxy) is 1. The summed E-state index contributed by atoms with van der Waals surface area (Å²) in [5, 5.41) is 0. The Bertz CT molecular complexity index is 620. The van der Waals surface area contributed by atoms with Gasteiger partial charge in [-0.1, -0.05) is 0 Å². The van der Waals surface area contributed by atoms with E-state index in [1.54, 1.807) is 37.4 Å². The van der Waals surface area contributed by atoms with Gasteiger partial charge in [-0.15, -0.1) is 11.3 Å². The molecule has 5 nitrogen and oxygen atoms in total. The van der Waals surface area contributed by atoms with E-state index < -0.39 is 0 Å². The lowest BCUT2D eigenvalue weighted by molar-refractivity contribution is 0.0849. The first-order chi connectivity index (χ1) is 9.60. The van der Waals surface area contributed by atoms with Gasteiger partial charge in [0.2, 0.25) is 0 Å². The maximum Gasteiger partial charge on any atom is 0.279 e. The van der Waals surface area contributed by atoms with E-state index in [4.69, 9.17) is 4.74 Å². The summed E-state index contributed by atoms with van der Waals surface area (Å²) in [5.74, 6) is -0.0427. The van der Waals surface area contributed by atoms with E-state index in [1.807, 2.05) is 13.0 Å². The molecule has 0 aliphatic heterocycles. The van der Waals surface area contributed by atoms with Crippen molar-refractivity contribution < 1.29 is 14.3 Å². The van der Waals surface area contributed by atoms with Crippen molar-refractivity contribution >= 4 is 23.2 Å². The average Bonchev–Trinajstić information content (AvgIpc) is 2.91. The van der Waals surface area contributed by atoms with Gasteiger partial charge in [-0.05, 0) is 43.3 Å². The highest BCUT2D eigenvalue weighted by Gasteiger charge is 2.10. The molecule has 0 radical (unpaired) electrons. The van der Waals surface area contributed by atoms with E-state index >= 15 is 0 Å². The normalized spacial score (nSPS) is 9.90. The predicted octanol–water partition coefficient (Wildman–Crippen LogP) is 2.14. The minimum atomic E-state index is -0.380. The van der Waals surface area contributed by atoms with Gasteiger partial charge >= 0.3 is 0 Å². The zero-order valence-corrected chi connectivity index (χ0v) is 11.9. The van der Waals surface area contributed by atoms with Gasteiger partial charge < -0.3 is 4.74 Å². The van der Waals surface area contributed by atoms with Gasteiger partial charge in [-0.25, -0.2) is 0 Å². The molecule has 0 aliphatic rings. The largest absolute Gasteiger partial charge is 0.497 e. The summed E-state index contributed by atoms with van der Waals surface area (Å²) in [4.78, 5) is 25.2. The van der Waals surface area contributed by atoms with Gasteiger partial charge in [0.1, 0.15) is 5.75 Å². The van der Waals surface area contributed by atoms with Gasteiger partial charge in [0.05, 0.1) is 12.0 Å². The van der Waals surface area contributed by atoms with Gasteiger partial charge in [0, 0.05) is 10.4 Å². The second-order valence-electron chi connectivity index (χ2n) is 4.05. The van der Waals surface area contributed by atoms with Gasteiger partial charge in [-0.2, -0.15) is 0 Å². The fraction of sp³-hybridized carbons (Fsp3) is 0.143. The summed E-state index contributed by atoms with van der Waals surface area (Å²) < 4.78 is 5.01. The maximum absolute atomic E-state index is 11.8. The Hall–Kier alpha value is -2.34. The van der Waals surface area contributed by atoms with Gasteiger partial charge in [0.15, 0.2) is 0 Å². The van der Waals surface area contributed by atoms with E-state index in [0.717, 1.165) is 4.88 Å². The number of hydrogen-bond donors (Lipinski definition) is 2. The Kier molecular flexibility index (Phi) is 4.37. The van der Waals surface area contributed by atoms with Crippen molar-refractivity contribution in [1.82, 2.24) is 10.9 Å². The molecule has 0 saturated heterocycles. The molecule has 0 unspecified atom stereocenters. The van der Waals surface area contributed by atoms with Crippen molar-refractivity contribution in [1.29, 1.82) is 0 Å². The monoisotopic (exact) mass is 290 g/mol. The Morgan fingerprint density at radius 1 is 1.00 bits per heavy atom. The van der Waals surface area contributed by atoms with Crippen LogP contribution in [0.2, 0.25) is 0 Å². The third kappa shape index (κ3) is 3.36. The highest BCUT2D eigenvalue weighted by Crippen LogP contribution is 2.14. The van der Waals surface area contributed by atoms with Crippen LogP contribution in [0.15, 0.2) is 36.4 Å². The number of carbonyl (C=O) groups excluding carboxylic acids is 2. The molecule has 2 amide bonds. The summed E-state index contributed by atoms with van der Waals surface area (Å²) in [6.45, 7) is 1.91. The number of hydrogen-bond acceptors (Lipinski definition) is 4. The lowest BCUT2D eigenvalue weighted by Gasteiger charge is -2.06. The highest BCUT2D eigenvalue weighted by molar-refractivity contribution is 7.13. The molecule has 0 bridgehead atoms. The summed E-state index contributed by atoms with van der Waals surface area (Å²) in [6.07, 6.45) is 0. The second-order valence-corrected chi connectivity index (χ2v) is 5.33. The SMILES string of the molecule is COc1ccc(C(=O)NNC(=O)c2ccc(C)s2)cc1. The number of aryl methyl sites for hydroxylation is 1. The molecule has 2 aromatic rings. The molecule has 0 aliphatic carbocycles. The van der Waals surface area contributed by atoms with Crippen LogP contribution in [0.1, 0.15) is 24.9 Å². The molecule has 0 saturated carbocycles. The van der Waals surface area contributed by atoms with Gasteiger partial charge in [0.25, 0.3) is 11.8 Å². The predicted molar refractivity (Wildman–Crippen MR) is 77.0 cm³/mol. The Morgan fingerprint density at radius 2 is 1.65 bits per heavy atom. The van der Waals surface area contributed by atoms with Crippen LogP contribution in [0.3, 0.4) is 0 Å². The topological polar surface area (TPSA) is 67.4 Å². The van der Waals surface area contributed by atoms with Crippen LogP contribution in [0.5, 0.6) is 5.75 Å². The molecule has 104 valence electrons. The standard InChI is InChI=1S/C14H14N2O3S/c1-9-3-8-12(20-9)14(18)16-15-13(17)10-4-6-11(19-2)7-5-10/h3-8H,1-2H3,(H,15,17)(H,16,18). The van der Waals surface area contributed by atoms with Crippen LogP contribution >= 0.6 is 11.3 Å². The first-order valence-electron chi connectivity index (χ1n) is 5.91. The molecule has 1 heterocycles. The third-order valence-corrected chi connectivity index (χ3v) is 3.61. The first-order valence-corrected chi connectivity index (χ1v) is 6.73. The molecule has 2 rings (SSSR count). The van der Waals surface area contributed by atoms with E-state index in [2.05, 4.69) is 10.9 Å². The summed E-state index contributed by atoms with van der Waals surface area (Å²) in [6, 6.07) is 10.2. The fourth-order valence-electron chi connectivity index (χ4n) is 1.55. The molecule has 0 fully saturated rings. The number of hydrazine groups is 1. The number of nitrogens with one attached hydrogen (secondary N) is 2. The lowest BCUT2D eigenvalue weighted by atomic mass is 10.2. The van der Waals surface area contributed by atoms with Crippen molar-refractivity contribution in [3.05, 3.63) is 51.7 Å². The maximum atomic E-state index is 11.8. The Labute approximate surface area is 120 Å². The molecule has 0 atom stereocenters. The lowest BCUT2D eigenvalue weighted by Crippen LogP contribution is -2.41. The number of thiophene rings is 1. The van der Waals surface area contributed by atoms with Crippen molar-refractivity contribution in [3.8, 4) is 5.75 Å². The van der Waals surface area contributed by atoms with Crippen LogP contribution in [0.4, 0.5) is 0 Å².